The predicted octanol–water partition coefficient (Wildman–Crippen LogP) is 1.89. The van der Waals surface area contributed by atoms with E-state index in [4.69, 9.17) is 17.3 Å². The van der Waals surface area contributed by atoms with Crippen LogP contribution in [0, 0.1) is 0 Å². The summed E-state index contributed by atoms with van der Waals surface area (Å²) in [6, 6.07) is 4.76. The Morgan fingerprint density at radius 1 is 1.40 bits per heavy atom. The van der Waals surface area contributed by atoms with Gasteiger partial charge in [-0.25, -0.2) is 0 Å². The van der Waals surface area contributed by atoms with Crippen molar-refractivity contribution in [1.29, 1.82) is 0 Å². The number of aromatic nitrogens is 1. The summed E-state index contributed by atoms with van der Waals surface area (Å²) < 4.78 is 0. The number of hydrogen-bond acceptors (Lipinski definition) is 3. The van der Waals surface area contributed by atoms with E-state index in [0.29, 0.717) is 15.9 Å². The first-order valence-corrected chi connectivity index (χ1v) is 4.27. The standard InChI is InChI=1S/C9H7ClN2O2.ClH/c10-4-1-2-5-6(3-4)12-9(14)7(11)8(5)13;/h1-3H,11H2,(H2,12,13,14);1H. The summed E-state index contributed by atoms with van der Waals surface area (Å²) in [6.45, 7) is 0. The van der Waals surface area contributed by atoms with Crippen molar-refractivity contribution in [2.24, 2.45) is 0 Å². The number of nitrogens with one attached hydrogen (secondary N) is 1. The molecule has 0 saturated carbocycles. The van der Waals surface area contributed by atoms with Crippen molar-refractivity contribution in [2.45, 2.75) is 0 Å². The fourth-order valence-corrected chi connectivity index (χ4v) is 1.44. The highest BCUT2D eigenvalue weighted by Gasteiger charge is 2.07. The Kier molecular flexibility index (Phi) is 3.12. The van der Waals surface area contributed by atoms with E-state index in [-0.39, 0.29) is 23.8 Å². The minimum Gasteiger partial charge on any atom is -0.505 e. The van der Waals surface area contributed by atoms with Crippen LogP contribution in [0.3, 0.4) is 0 Å². The van der Waals surface area contributed by atoms with E-state index in [9.17, 15) is 9.90 Å². The van der Waals surface area contributed by atoms with Crippen molar-refractivity contribution in [3.05, 3.63) is 33.6 Å². The Bertz CT molecular complexity index is 566. The van der Waals surface area contributed by atoms with Crippen LogP contribution >= 0.6 is 24.0 Å². The maximum Gasteiger partial charge on any atom is 0.275 e. The van der Waals surface area contributed by atoms with E-state index in [1.807, 2.05) is 0 Å². The Morgan fingerprint density at radius 3 is 2.73 bits per heavy atom. The van der Waals surface area contributed by atoms with Gasteiger partial charge in [-0.3, -0.25) is 4.79 Å². The predicted molar refractivity (Wildman–Crippen MR) is 62.9 cm³/mol. The highest BCUT2D eigenvalue weighted by molar-refractivity contribution is 6.31. The summed E-state index contributed by atoms with van der Waals surface area (Å²) in [5.74, 6) is -0.208. The number of nitrogens with two attached hydrogens (primary N) is 1. The Hall–Kier alpha value is -1.39. The average Bonchev–Trinajstić information content (AvgIpc) is 2.14. The van der Waals surface area contributed by atoms with Crippen molar-refractivity contribution in [2.75, 3.05) is 5.73 Å². The van der Waals surface area contributed by atoms with Crippen LogP contribution in [0.25, 0.3) is 10.9 Å². The Morgan fingerprint density at radius 2 is 2.07 bits per heavy atom. The molecular weight excluding hydrogens is 239 g/mol. The van der Waals surface area contributed by atoms with Crippen molar-refractivity contribution < 1.29 is 5.11 Å². The number of benzene rings is 1. The highest BCUT2D eigenvalue weighted by Crippen LogP contribution is 2.27. The van der Waals surface area contributed by atoms with Gasteiger partial charge >= 0.3 is 0 Å². The van der Waals surface area contributed by atoms with Gasteiger partial charge in [-0.15, -0.1) is 12.4 Å². The lowest BCUT2D eigenvalue weighted by molar-refractivity contribution is 0.483. The van der Waals surface area contributed by atoms with Crippen LogP contribution in [0.1, 0.15) is 0 Å². The van der Waals surface area contributed by atoms with Gasteiger partial charge in [-0.05, 0) is 18.2 Å². The van der Waals surface area contributed by atoms with Gasteiger partial charge < -0.3 is 15.8 Å². The first-order valence-electron chi connectivity index (χ1n) is 3.89. The van der Waals surface area contributed by atoms with Gasteiger partial charge in [-0.1, -0.05) is 11.6 Å². The zero-order chi connectivity index (χ0) is 10.3. The first kappa shape index (κ1) is 11.7. The topological polar surface area (TPSA) is 79.1 Å². The molecule has 0 radical (unpaired) electrons. The summed E-state index contributed by atoms with van der Waals surface area (Å²) in [6.07, 6.45) is 0. The third-order valence-electron chi connectivity index (χ3n) is 1.98. The largest absolute Gasteiger partial charge is 0.505 e. The molecule has 6 heteroatoms. The van der Waals surface area contributed by atoms with Crippen LogP contribution in [0.15, 0.2) is 23.0 Å². The number of aromatic amines is 1. The molecule has 4 nitrogen and oxygen atoms in total. The third-order valence-corrected chi connectivity index (χ3v) is 2.22. The van der Waals surface area contributed by atoms with Crippen molar-refractivity contribution in [3.8, 4) is 5.75 Å². The molecule has 0 aliphatic heterocycles. The molecule has 15 heavy (non-hydrogen) atoms. The first-order chi connectivity index (χ1) is 6.59. The summed E-state index contributed by atoms with van der Waals surface area (Å²) in [7, 11) is 0. The second-order valence-corrected chi connectivity index (χ2v) is 3.34. The molecule has 0 spiro atoms. The molecule has 2 rings (SSSR count). The van der Waals surface area contributed by atoms with E-state index >= 15 is 0 Å². The van der Waals surface area contributed by atoms with Gasteiger partial charge in [0.05, 0.1) is 5.52 Å². The molecule has 1 aromatic carbocycles. The molecule has 80 valence electrons. The van der Waals surface area contributed by atoms with Gasteiger partial charge in [0.2, 0.25) is 0 Å². The van der Waals surface area contributed by atoms with Gasteiger partial charge in [0.25, 0.3) is 5.56 Å². The van der Waals surface area contributed by atoms with E-state index in [1.54, 1.807) is 18.2 Å². The maximum atomic E-state index is 11.2. The van der Waals surface area contributed by atoms with Gasteiger partial charge in [0, 0.05) is 10.4 Å². The van der Waals surface area contributed by atoms with E-state index in [0.717, 1.165) is 0 Å². The zero-order valence-electron chi connectivity index (χ0n) is 7.45. The number of pyridine rings is 1. The number of rotatable bonds is 0. The third kappa shape index (κ3) is 1.86. The molecule has 2 aromatic rings. The number of aromatic hydroxyl groups is 1. The fraction of sp³-hybridized carbons (Fsp3) is 0. The van der Waals surface area contributed by atoms with E-state index in [1.165, 1.54) is 0 Å². The molecule has 0 amide bonds. The van der Waals surface area contributed by atoms with Crippen LogP contribution in [0.5, 0.6) is 5.75 Å². The summed E-state index contributed by atoms with van der Waals surface area (Å²) in [4.78, 5) is 13.7. The molecule has 1 heterocycles. The molecule has 0 saturated heterocycles. The Balaban J connectivity index is 0.00000112. The molecule has 0 aliphatic carbocycles. The molecule has 0 unspecified atom stereocenters. The minimum absolute atomic E-state index is 0. The smallest absolute Gasteiger partial charge is 0.275 e. The Labute approximate surface area is 96.1 Å². The summed E-state index contributed by atoms with van der Waals surface area (Å²) in [5, 5.41) is 10.5. The number of nitrogen functional groups attached to an aromatic ring is 1. The number of H-pyrrole nitrogens is 1. The molecule has 0 atom stereocenters. The highest BCUT2D eigenvalue weighted by atomic mass is 35.5. The van der Waals surface area contributed by atoms with Crippen LogP contribution in [0.4, 0.5) is 5.69 Å². The maximum absolute atomic E-state index is 11.2. The molecule has 0 bridgehead atoms. The summed E-state index contributed by atoms with van der Waals surface area (Å²) in [5.41, 5.74) is 5.13. The van der Waals surface area contributed by atoms with Crippen LogP contribution < -0.4 is 11.3 Å². The summed E-state index contributed by atoms with van der Waals surface area (Å²) >= 11 is 5.73. The van der Waals surface area contributed by atoms with Crippen molar-refractivity contribution in [1.82, 2.24) is 4.98 Å². The van der Waals surface area contributed by atoms with Crippen molar-refractivity contribution >= 4 is 40.6 Å². The second kappa shape index (κ2) is 4.00. The van der Waals surface area contributed by atoms with Crippen LogP contribution in [0.2, 0.25) is 5.02 Å². The number of fused-ring (bicyclic) bond motifs is 1. The number of halogens is 2. The number of hydrogen-bond donors (Lipinski definition) is 3. The second-order valence-electron chi connectivity index (χ2n) is 2.91. The van der Waals surface area contributed by atoms with Gasteiger partial charge in [-0.2, -0.15) is 0 Å². The fourth-order valence-electron chi connectivity index (χ4n) is 1.27. The molecular formula is C9H8Cl2N2O2. The molecule has 4 N–H and O–H groups in total. The van der Waals surface area contributed by atoms with E-state index in [2.05, 4.69) is 4.98 Å². The normalized spacial score (nSPS) is 9.93. The average molecular weight is 247 g/mol. The lowest BCUT2D eigenvalue weighted by atomic mass is 10.2. The van der Waals surface area contributed by atoms with Gasteiger partial charge in [0.15, 0.2) is 5.75 Å². The van der Waals surface area contributed by atoms with Crippen molar-refractivity contribution in [3.63, 3.8) is 0 Å². The SMILES string of the molecule is Cl.Nc1c(O)c2ccc(Cl)cc2[nH]c1=O. The number of anilines is 1. The van der Waals surface area contributed by atoms with Crippen LogP contribution in [-0.4, -0.2) is 10.1 Å². The lowest BCUT2D eigenvalue weighted by Gasteiger charge is -2.03. The quantitative estimate of drug-likeness (QED) is 0.665. The molecule has 0 aliphatic rings. The molecule has 0 fully saturated rings. The minimum atomic E-state index is -0.516. The molecule has 1 aromatic heterocycles. The van der Waals surface area contributed by atoms with Gasteiger partial charge in [0.1, 0.15) is 5.69 Å². The monoisotopic (exact) mass is 246 g/mol. The lowest BCUT2D eigenvalue weighted by Crippen LogP contribution is -2.11. The van der Waals surface area contributed by atoms with Crippen LogP contribution in [-0.2, 0) is 0 Å². The van der Waals surface area contributed by atoms with E-state index < -0.39 is 5.56 Å². The zero-order valence-corrected chi connectivity index (χ0v) is 9.02.